The van der Waals surface area contributed by atoms with E-state index in [-0.39, 0.29) is 6.54 Å². The van der Waals surface area contributed by atoms with E-state index in [4.69, 9.17) is 5.11 Å². The van der Waals surface area contributed by atoms with Gasteiger partial charge in [-0.25, -0.2) is 0 Å². The molecule has 0 spiro atoms. The first-order chi connectivity index (χ1) is 6.47. The Morgan fingerprint density at radius 1 is 1.50 bits per heavy atom. The van der Waals surface area contributed by atoms with Gasteiger partial charge in [0.05, 0.1) is 6.54 Å². The molecule has 0 aromatic rings. The van der Waals surface area contributed by atoms with Gasteiger partial charge in [-0.15, -0.1) is 0 Å². The molecule has 1 atom stereocenters. The zero-order valence-electron chi connectivity index (χ0n) is 9.58. The van der Waals surface area contributed by atoms with Gasteiger partial charge in [0.2, 0.25) is 0 Å². The third kappa shape index (κ3) is 5.75. The first kappa shape index (κ1) is 13.2. The molecule has 0 amide bonds. The Morgan fingerprint density at radius 3 is 2.43 bits per heavy atom. The van der Waals surface area contributed by atoms with Crippen LogP contribution in [0.3, 0.4) is 0 Å². The molecule has 0 aliphatic carbocycles. The average Bonchev–Trinajstić information content (AvgIpc) is 2.10. The lowest BCUT2D eigenvalue weighted by Crippen LogP contribution is -2.37. The van der Waals surface area contributed by atoms with Crippen molar-refractivity contribution in [2.75, 3.05) is 13.1 Å². The van der Waals surface area contributed by atoms with E-state index >= 15 is 0 Å². The van der Waals surface area contributed by atoms with Gasteiger partial charge in [0.15, 0.2) is 0 Å². The van der Waals surface area contributed by atoms with Gasteiger partial charge in [0.1, 0.15) is 0 Å². The number of hydrogen-bond donors (Lipinski definition) is 1. The zero-order valence-corrected chi connectivity index (χ0v) is 9.58. The van der Waals surface area contributed by atoms with Crippen LogP contribution in [0.5, 0.6) is 0 Å². The smallest absolute Gasteiger partial charge is 0.317 e. The molecule has 0 rings (SSSR count). The fraction of sp³-hybridized carbons (Fsp3) is 0.727. The molecule has 0 aliphatic rings. The van der Waals surface area contributed by atoms with Gasteiger partial charge in [-0.2, -0.15) is 0 Å². The standard InChI is InChI=1S/C11H21NO2/c1-5-10(4)12(8-11(13)14)7-6-9(2)3/h6,10H,5,7-8H2,1-4H3,(H,13,14). The van der Waals surface area contributed by atoms with Crippen LogP contribution in [-0.4, -0.2) is 35.1 Å². The third-order valence-electron chi connectivity index (χ3n) is 2.29. The number of rotatable bonds is 6. The first-order valence-corrected chi connectivity index (χ1v) is 5.06. The number of allylic oxidation sites excluding steroid dienone is 1. The van der Waals surface area contributed by atoms with Crippen LogP contribution in [0, 0.1) is 0 Å². The Balaban J connectivity index is 4.24. The monoisotopic (exact) mass is 199 g/mol. The molecule has 0 bridgehead atoms. The maximum Gasteiger partial charge on any atom is 0.317 e. The lowest BCUT2D eigenvalue weighted by atomic mass is 10.2. The Hall–Kier alpha value is -0.830. The minimum atomic E-state index is -0.757. The predicted octanol–water partition coefficient (Wildman–Crippen LogP) is 2.14. The second-order valence-corrected chi connectivity index (χ2v) is 3.86. The molecular formula is C11H21NO2. The molecule has 0 radical (unpaired) electrons. The fourth-order valence-corrected chi connectivity index (χ4v) is 1.13. The van der Waals surface area contributed by atoms with Crippen LogP contribution in [-0.2, 0) is 4.79 Å². The maximum absolute atomic E-state index is 10.6. The molecule has 3 nitrogen and oxygen atoms in total. The van der Waals surface area contributed by atoms with E-state index in [1.54, 1.807) is 0 Å². The molecule has 14 heavy (non-hydrogen) atoms. The summed E-state index contributed by atoms with van der Waals surface area (Å²) in [4.78, 5) is 12.6. The van der Waals surface area contributed by atoms with Gasteiger partial charge >= 0.3 is 5.97 Å². The summed E-state index contributed by atoms with van der Waals surface area (Å²) in [5.41, 5.74) is 1.23. The van der Waals surface area contributed by atoms with E-state index in [2.05, 4.69) is 19.9 Å². The maximum atomic E-state index is 10.6. The van der Waals surface area contributed by atoms with E-state index in [0.29, 0.717) is 6.04 Å². The summed E-state index contributed by atoms with van der Waals surface area (Å²) in [6.07, 6.45) is 3.04. The second kappa shape index (κ2) is 6.60. The van der Waals surface area contributed by atoms with Gasteiger partial charge in [0.25, 0.3) is 0 Å². The molecule has 1 N–H and O–H groups in total. The quantitative estimate of drug-likeness (QED) is 0.666. The van der Waals surface area contributed by atoms with Crippen molar-refractivity contribution in [2.24, 2.45) is 0 Å². The highest BCUT2D eigenvalue weighted by Crippen LogP contribution is 2.04. The van der Waals surface area contributed by atoms with Crippen molar-refractivity contribution in [3.63, 3.8) is 0 Å². The van der Waals surface area contributed by atoms with Crippen LogP contribution in [0.15, 0.2) is 11.6 Å². The molecular weight excluding hydrogens is 178 g/mol. The van der Waals surface area contributed by atoms with Crippen LogP contribution in [0.4, 0.5) is 0 Å². The highest BCUT2D eigenvalue weighted by Gasteiger charge is 2.13. The molecule has 0 aliphatic heterocycles. The first-order valence-electron chi connectivity index (χ1n) is 5.06. The number of nitrogens with zero attached hydrogens (tertiary/aromatic N) is 1. The lowest BCUT2D eigenvalue weighted by Gasteiger charge is -2.25. The number of hydrogen-bond acceptors (Lipinski definition) is 2. The van der Waals surface area contributed by atoms with Gasteiger partial charge in [-0.1, -0.05) is 18.6 Å². The highest BCUT2D eigenvalue weighted by atomic mass is 16.4. The number of aliphatic carboxylic acids is 1. The van der Waals surface area contributed by atoms with Gasteiger partial charge in [0, 0.05) is 12.6 Å². The topological polar surface area (TPSA) is 40.5 Å². The molecule has 0 heterocycles. The summed E-state index contributed by atoms with van der Waals surface area (Å²) >= 11 is 0. The Bertz CT molecular complexity index is 207. The Labute approximate surface area is 86.4 Å². The third-order valence-corrected chi connectivity index (χ3v) is 2.29. The molecule has 0 fully saturated rings. The van der Waals surface area contributed by atoms with Crippen LogP contribution in [0.1, 0.15) is 34.1 Å². The lowest BCUT2D eigenvalue weighted by molar-refractivity contribution is -0.138. The van der Waals surface area contributed by atoms with Crippen molar-refractivity contribution in [3.05, 3.63) is 11.6 Å². The Kier molecular flexibility index (Phi) is 6.21. The van der Waals surface area contributed by atoms with E-state index < -0.39 is 5.97 Å². The largest absolute Gasteiger partial charge is 0.480 e. The van der Waals surface area contributed by atoms with Crippen molar-refractivity contribution in [1.29, 1.82) is 0 Å². The molecule has 82 valence electrons. The summed E-state index contributed by atoms with van der Waals surface area (Å²) in [6, 6.07) is 0.321. The predicted molar refractivity (Wildman–Crippen MR) is 58.4 cm³/mol. The highest BCUT2D eigenvalue weighted by molar-refractivity contribution is 5.69. The van der Waals surface area contributed by atoms with E-state index in [9.17, 15) is 4.79 Å². The van der Waals surface area contributed by atoms with Gasteiger partial charge in [-0.05, 0) is 27.2 Å². The minimum Gasteiger partial charge on any atom is -0.480 e. The summed E-state index contributed by atoms with van der Waals surface area (Å²) in [7, 11) is 0. The molecule has 0 saturated heterocycles. The minimum absolute atomic E-state index is 0.124. The summed E-state index contributed by atoms with van der Waals surface area (Å²) < 4.78 is 0. The van der Waals surface area contributed by atoms with E-state index in [1.807, 2.05) is 18.7 Å². The zero-order chi connectivity index (χ0) is 11.1. The number of carboxylic acids is 1. The number of carboxylic acid groups (broad SMARTS) is 1. The molecule has 0 aromatic heterocycles. The normalized spacial score (nSPS) is 12.6. The van der Waals surface area contributed by atoms with Crippen molar-refractivity contribution in [2.45, 2.75) is 40.2 Å². The van der Waals surface area contributed by atoms with Gasteiger partial charge < -0.3 is 5.11 Å². The van der Waals surface area contributed by atoms with Crippen LogP contribution >= 0.6 is 0 Å². The number of carbonyl (C=O) groups is 1. The summed E-state index contributed by atoms with van der Waals surface area (Å²) in [5, 5.41) is 8.73. The van der Waals surface area contributed by atoms with Crippen molar-refractivity contribution < 1.29 is 9.90 Å². The molecule has 3 heteroatoms. The van der Waals surface area contributed by atoms with Crippen LogP contribution in [0.2, 0.25) is 0 Å². The summed E-state index contributed by atoms with van der Waals surface area (Å²) in [6.45, 7) is 9.03. The SMILES string of the molecule is CCC(C)N(CC=C(C)C)CC(=O)O. The van der Waals surface area contributed by atoms with Crippen LogP contribution in [0.25, 0.3) is 0 Å². The second-order valence-electron chi connectivity index (χ2n) is 3.86. The Morgan fingerprint density at radius 2 is 2.07 bits per heavy atom. The van der Waals surface area contributed by atoms with E-state index in [1.165, 1.54) is 5.57 Å². The molecule has 0 saturated carbocycles. The van der Waals surface area contributed by atoms with Crippen molar-refractivity contribution in [1.82, 2.24) is 4.90 Å². The molecule has 0 aromatic carbocycles. The van der Waals surface area contributed by atoms with Crippen LogP contribution < -0.4 is 0 Å². The average molecular weight is 199 g/mol. The fourth-order valence-electron chi connectivity index (χ4n) is 1.13. The van der Waals surface area contributed by atoms with E-state index in [0.717, 1.165) is 13.0 Å². The summed E-state index contributed by atoms with van der Waals surface area (Å²) in [5.74, 6) is -0.757. The van der Waals surface area contributed by atoms with Crippen molar-refractivity contribution in [3.8, 4) is 0 Å². The molecule has 1 unspecified atom stereocenters. The van der Waals surface area contributed by atoms with Gasteiger partial charge in [-0.3, -0.25) is 9.69 Å². The van der Waals surface area contributed by atoms with Crippen molar-refractivity contribution >= 4 is 5.97 Å².